The minimum atomic E-state index is -1.12. The summed E-state index contributed by atoms with van der Waals surface area (Å²) in [5.41, 5.74) is 0.184. The number of carbonyl (C=O) groups excluding carboxylic acids is 1. The predicted octanol–water partition coefficient (Wildman–Crippen LogP) is 4.10. The minimum absolute atomic E-state index is 0.0134. The van der Waals surface area contributed by atoms with Gasteiger partial charge >= 0.3 is 0 Å². The lowest BCUT2D eigenvalue weighted by Crippen LogP contribution is -2.04. The van der Waals surface area contributed by atoms with Crippen LogP contribution >= 0.6 is 15.9 Å². The first-order valence-corrected chi connectivity index (χ1v) is 5.74. The van der Waals surface area contributed by atoms with Gasteiger partial charge in [-0.05, 0) is 52.3 Å². The second-order valence-electron chi connectivity index (χ2n) is 3.56. The van der Waals surface area contributed by atoms with Gasteiger partial charge in [0.05, 0.1) is 4.47 Å². The Balaban J connectivity index is 2.46. The summed E-state index contributed by atoms with van der Waals surface area (Å²) in [6.07, 6.45) is 0. The molecule has 92 valence electrons. The number of benzene rings is 2. The van der Waals surface area contributed by atoms with Gasteiger partial charge in [-0.15, -0.1) is 0 Å². The summed E-state index contributed by atoms with van der Waals surface area (Å²) in [7, 11) is 0. The van der Waals surface area contributed by atoms with Crippen LogP contribution < -0.4 is 0 Å². The Hall–Kier alpha value is -1.62. The molecule has 0 radical (unpaired) electrons. The largest absolute Gasteiger partial charge is 0.289 e. The smallest absolute Gasteiger partial charge is 0.194 e. The van der Waals surface area contributed by atoms with Crippen LogP contribution in [0.2, 0.25) is 0 Å². The SMILES string of the molecule is O=C(c1ccc(F)cc1)c1ccc(F)c(F)c1Br. The lowest BCUT2D eigenvalue weighted by Gasteiger charge is -2.05. The molecule has 0 aromatic heterocycles. The third-order valence-electron chi connectivity index (χ3n) is 2.39. The van der Waals surface area contributed by atoms with E-state index in [0.29, 0.717) is 0 Å². The molecule has 0 aliphatic carbocycles. The molecule has 0 fully saturated rings. The van der Waals surface area contributed by atoms with Gasteiger partial charge in [-0.1, -0.05) is 0 Å². The fourth-order valence-corrected chi connectivity index (χ4v) is 1.96. The molecule has 2 rings (SSSR count). The third kappa shape index (κ3) is 2.31. The number of hydrogen-bond donors (Lipinski definition) is 0. The van der Waals surface area contributed by atoms with E-state index in [1.165, 1.54) is 18.2 Å². The Morgan fingerprint density at radius 2 is 1.56 bits per heavy atom. The van der Waals surface area contributed by atoms with Crippen molar-refractivity contribution in [3.05, 3.63) is 69.4 Å². The maximum absolute atomic E-state index is 13.3. The number of hydrogen-bond acceptors (Lipinski definition) is 1. The highest BCUT2D eigenvalue weighted by molar-refractivity contribution is 9.10. The molecular formula is C13H6BrF3O. The Bertz CT molecular complexity index is 608. The molecular weight excluding hydrogens is 309 g/mol. The Morgan fingerprint density at radius 1 is 0.944 bits per heavy atom. The van der Waals surface area contributed by atoms with Gasteiger partial charge in [0, 0.05) is 11.1 Å². The number of ketones is 1. The number of rotatable bonds is 2. The van der Waals surface area contributed by atoms with Gasteiger partial charge in [0.15, 0.2) is 17.4 Å². The molecule has 0 aliphatic rings. The first-order chi connectivity index (χ1) is 8.50. The maximum Gasteiger partial charge on any atom is 0.194 e. The Kier molecular flexibility index (Phi) is 3.52. The van der Waals surface area contributed by atoms with E-state index in [0.717, 1.165) is 18.2 Å². The van der Waals surface area contributed by atoms with Crippen molar-refractivity contribution in [1.29, 1.82) is 0 Å². The average Bonchev–Trinajstić information content (AvgIpc) is 2.36. The van der Waals surface area contributed by atoms with E-state index in [-0.39, 0.29) is 15.6 Å². The third-order valence-corrected chi connectivity index (χ3v) is 3.16. The summed E-state index contributed by atoms with van der Waals surface area (Å²) in [5, 5.41) is 0. The van der Waals surface area contributed by atoms with Crippen molar-refractivity contribution in [3.8, 4) is 0 Å². The summed E-state index contributed by atoms with van der Waals surface area (Å²) in [4.78, 5) is 12.0. The Morgan fingerprint density at radius 3 is 2.17 bits per heavy atom. The molecule has 1 nitrogen and oxygen atoms in total. The Labute approximate surface area is 109 Å². The first kappa shape index (κ1) is 12.8. The zero-order chi connectivity index (χ0) is 13.3. The van der Waals surface area contributed by atoms with E-state index in [1.807, 2.05) is 0 Å². The zero-order valence-corrected chi connectivity index (χ0v) is 10.5. The minimum Gasteiger partial charge on any atom is -0.289 e. The highest BCUT2D eigenvalue weighted by Crippen LogP contribution is 2.25. The van der Waals surface area contributed by atoms with E-state index < -0.39 is 23.2 Å². The van der Waals surface area contributed by atoms with Crippen molar-refractivity contribution in [2.75, 3.05) is 0 Å². The van der Waals surface area contributed by atoms with Crippen molar-refractivity contribution < 1.29 is 18.0 Å². The normalized spacial score (nSPS) is 10.4. The van der Waals surface area contributed by atoms with Crippen LogP contribution in [0.4, 0.5) is 13.2 Å². The van der Waals surface area contributed by atoms with E-state index >= 15 is 0 Å². The highest BCUT2D eigenvalue weighted by atomic mass is 79.9. The monoisotopic (exact) mass is 314 g/mol. The molecule has 0 saturated carbocycles. The molecule has 0 spiro atoms. The molecule has 0 unspecified atom stereocenters. The van der Waals surface area contributed by atoms with Gasteiger partial charge in [0.1, 0.15) is 5.82 Å². The second-order valence-corrected chi connectivity index (χ2v) is 4.35. The van der Waals surface area contributed by atoms with Gasteiger partial charge in [0.2, 0.25) is 0 Å². The van der Waals surface area contributed by atoms with Crippen molar-refractivity contribution in [2.24, 2.45) is 0 Å². The summed E-state index contributed by atoms with van der Waals surface area (Å²) >= 11 is 2.83. The number of halogens is 4. The van der Waals surface area contributed by atoms with Crippen LogP contribution in [-0.4, -0.2) is 5.78 Å². The van der Waals surface area contributed by atoms with E-state index in [4.69, 9.17) is 0 Å². The summed E-state index contributed by atoms with van der Waals surface area (Å²) in [5.74, 6) is -3.16. The van der Waals surface area contributed by atoms with Gasteiger partial charge in [0.25, 0.3) is 0 Å². The van der Waals surface area contributed by atoms with Gasteiger partial charge < -0.3 is 0 Å². The average molecular weight is 315 g/mol. The number of carbonyl (C=O) groups is 1. The fraction of sp³-hybridized carbons (Fsp3) is 0. The van der Waals surface area contributed by atoms with Crippen LogP contribution in [0, 0.1) is 17.5 Å². The van der Waals surface area contributed by atoms with Crippen LogP contribution in [0.25, 0.3) is 0 Å². The quantitative estimate of drug-likeness (QED) is 0.602. The lowest BCUT2D eigenvalue weighted by molar-refractivity contribution is 0.103. The predicted molar refractivity (Wildman–Crippen MR) is 63.9 cm³/mol. The molecule has 2 aromatic rings. The van der Waals surface area contributed by atoms with Crippen LogP contribution in [0.1, 0.15) is 15.9 Å². The molecule has 18 heavy (non-hydrogen) atoms. The zero-order valence-electron chi connectivity index (χ0n) is 8.88. The fourth-order valence-electron chi connectivity index (χ4n) is 1.46. The van der Waals surface area contributed by atoms with Crippen molar-refractivity contribution >= 4 is 21.7 Å². The molecule has 0 aliphatic heterocycles. The molecule has 0 bridgehead atoms. The van der Waals surface area contributed by atoms with Gasteiger partial charge in [-0.25, -0.2) is 13.2 Å². The van der Waals surface area contributed by atoms with Crippen molar-refractivity contribution in [3.63, 3.8) is 0 Å². The van der Waals surface area contributed by atoms with Crippen LogP contribution in [0.3, 0.4) is 0 Å². The van der Waals surface area contributed by atoms with Crippen LogP contribution in [0.5, 0.6) is 0 Å². The van der Waals surface area contributed by atoms with Crippen molar-refractivity contribution in [1.82, 2.24) is 0 Å². The van der Waals surface area contributed by atoms with Crippen LogP contribution in [0.15, 0.2) is 40.9 Å². The lowest BCUT2D eigenvalue weighted by atomic mass is 10.0. The van der Waals surface area contributed by atoms with Crippen LogP contribution in [-0.2, 0) is 0 Å². The summed E-state index contributed by atoms with van der Waals surface area (Å²) in [6, 6.07) is 6.86. The van der Waals surface area contributed by atoms with Gasteiger partial charge in [-0.2, -0.15) is 0 Å². The van der Waals surface area contributed by atoms with Gasteiger partial charge in [-0.3, -0.25) is 4.79 Å². The molecule has 5 heteroatoms. The van der Waals surface area contributed by atoms with E-state index in [1.54, 1.807) is 0 Å². The topological polar surface area (TPSA) is 17.1 Å². The molecule has 0 saturated heterocycles. The highest BCUT2D eigenvalue weighted by Gasteiger charge is 2.17. The second kappa shape index (κ2) is 4.94. The van der Waals surface area contributed by atoms with E-state index in [2.05, 4.69) is 15.9 Å². The molecule has 0 amide bonds. The summed E-state index contributed by atoms with van der Waals surface area (Å²) in [6.45, 7) is 0. The standard InChI is InChI=1S/C13H6BrF3O/c14-11-9(5-6-10(16)12(11)17)13(18)7-1-3-8(15)4-2-7/h1-6H. The first-order valence-electron chi connectivity index (χ1n) is 4.94. The van der Waals surface area contributed by atoms with E-state index in [9.17, 15) is 18.0 Å². The molecule has 0 atom stereocenters. The molecule has 0 N–H and O–H groups in total. The van der Waals surface area contributed by atoms with Crippen molar-refractivity contribution in [2.45, 2.75) is 0 Å². The molecule has 0 heterocycles. The maximum atomic E-state index is 13.3. The summed E-state index contributed by atoms with van der Waals surface area (Å²) < 4.78 is 38.7. The molecule has 2 aromatic carbocycles.